The van der Waals surface area contributed by atoms with Crippen LogP contribution in [-0.2, 0) is 9.53 Å². The Bertz CT molecular complexity index is 889. The number of rotatable bonds is 8. The average molecular weight is 408 g/mol. The van der Waals surface area contributed by atoms with Crippen molar-refractivity contribution < 1.29 is 19.4 Å². The van der Waals surface area contributed by atoms with E-state index >= 15 is 0 Å². The third-order valence-corrected chi connectivity index (χ3v) is 5.39. The molecule has 0 saturated carbocycles. The van der Waals surface area contributed by atoms with Crippen molar-refractivity contribution in [1.82, 2.24) is 5.32 Å². The van der Waals surface area contributed by atoms with Gasteiger partial charge in [-0.1, -0.05) is 74.5 Å². The zero-order valence-electron chi connectivity index (χ0n) is 17.7. The Hall–Kier alpha value is -3.08. The van der Waals surface area contributed by atoms with Crippen LogP contribution >= 0.6 is 0 Å². The number of nitrogens with one attached hydrogen (secondary N) is 1. The maximum atomic E-state index is 12.5. The van der Waals surface area contributed by atoms with Gasteiger partial charge in [0.05, 0.1) is 12.0 Å². The number of carbonyl (C=O) groups is 2. The molecular weight excluding hydrogens is 378 g/mol. The predicted molar refractivity (Wildman–Crippen MR) is 117 cm³/mol. The van der Waals surface area contributed by atoms with Crippen molar-refractivity contribution in [2.45, 2.75) is 39.2 Å². The summed E-state index contributed by atoms with van der Waals surface area (Å²) in [6.07, 6.45) is 3.57. The number of amides is 1. The molecule has 1 amide bonds. The molecule has 5 heteroatoms. The van der Waals surface area contributed by atoms with Crippen LogP contribution in [0.2, 0.25) is 0 Å². The first-order valence-electron chi connectivity index (χ1n) is 10.4. The molecule has 0 bridgehead atoms. The zero-order chi connectivity index (χ0) is 21.7. The molecule has 2 aromatic rings. The van der Waals surface area contributed by atoms with E-state index in [4.69, 9.17) is 9.84 Å². The van der Waals surface area contributed by atoms with Crippen LogP contribution in [0.5, 0.6) is 0 Å². The Kier molecular flexibility index (Phi) is 6.93. The maximum Gasteiger partial charge on any atom is 0.407 e. The Morgan fingerprint density at radius 2 is 1.57 bits per heavy atom. The molecule has 2 unspecified atom stereocenters. The number of hydrogen-bond acceptors (Lipinski definition) is 3. The fraction of sp³-hybridized carbons (Fsp3) is 0.360. The van der Waals surface area contributed by atoms with E-state index in [1.807, 2.05) is 24.3 Å². The second-order valence-corrected chi connectivity index (χ2v) is 8.22. The molecule has 5 nitrogen and oxygen atoms in total. The number of ether oxygens (including phenoxy) is 1. The summed E-state index contributed by atoms with van der Waals surface area (Å²) in [6.45, 7) is 5.98. The minimum atomic E-state index is -0.893. The Labute approximate surface area is 177 Å². The highest BCUT2D eigenvalue weighted by Gasteiger charge is 2.29. The second kappa shape index (κ2) is 9.61. The first-order chi connectivity index (χ1) is 14.4. The molecule has 0 heterocycles. The molecule has 2 aromatic carbocycles. The molecule has 1 aliphatic carbocycles. The first-order valence-corrected chi connectivity index (χ1v) is 10.4. The van der Waals surface area contributed by atoms with Gasteiger partial charge < -0.3 is 15.2 Å². The summed E-state index contributed by atoms with van der Waals surface area (Å²) in [5, 5.41) is 11.9. The highest BCUT2D eigenvalue weighted by atomic mass is 16.5. The van der Waals surface area contributed by atoms with Crippen LogP contribution in [0.25, 0.3) is 11.1 Å². The van der Waals surface area contributed by atoms with Crippen LogP contribution in [0, 0.1) is 11.8 Å². The van der Waals surface area contributed by atoms with E-state index in [0.717, 1.165) is 0 Å². The topological polar surface area (TPSA) is 75.6 Å². The zero-order valence-corrected chi connectivity index (χ0v) is 17.7. The van der Waals surface area contributed by atoms with E-state index in [0.29, 0.717) is 12.3 Å². The van der Waals surface area contributed by atoms with Gasteiger partial charge >= 0.3 is 12.1 Å². The largest absolute Gasteiger partial charge is 0.481 e. The lowest BCUT2D eigenvalue weighted by molar-refractivity contribution is -0.139. The molecule has 0 fully saturated rings. The van der Waals surface area contributed by atoms with Crippen LogP contribution in [0.4, 0.5) is 4.79 Å². The summed E-state index contributed by atoms with van der Waals surface area (Å²) >= 11 is 0. The summed E-state index contributed by atoms with van der Waals surface area (Å²) in [7, 11) is 0. The van der Waals surface area contributed by atoms with Crippen molar-refractivity contribution in [3.63, 3.8) is 0 Å². The van der Waals surface area contributed by atoms with Crippen molar-refractivity contribution >= 4 is 12.1 Å². The molecule has 2 N–H and O–H groups in total. The van der Waals surface area contributed by atoms with E-state index in [2.05, 4.69) is 43.4 Å². The highest BCUT2D eigenvalue weighted by Crippen LogP contribution is 2.44. The fourth-order valence-corrected chi connectivity index (χ4v) is 3.87. The number of carbonyl (C=O) groups excluding carboxylic acids is 1. The number of benzene rings is 2. The maximum absolute atomic E-state index is 12.5. The van der Waals surface area contributed by atoms with Crippen LogP contribution < -0.4 is 5.32 Å². The van der Waals surface area contributed by atoms with Gasteiger partial charge in [0, 0.05) is 5.92 Å². The lowest BCUT2D eigenvalue weighted by atomic mass is 9.98. The molecule has 30 heavy (non-hydrogen) atoms. The van der Waals surface area contributed by atoms with Crippen molar-refractivity contribution in [2.24, 2.45) is 11.8 Å². The Morgan fingerprint density at radius 1 is 1.00 bits per heavy atom. The lowest BCUT2D eigenvalue weighted by Gasteiger charge is -2.19. The Morgan fingerprint density at radius 3 is 2.10 bits per heavy atom. The van der Waals surface area contributed by atoms with Gasteiger partial charge in [-0.05, 0) is 41.5 Å². The molecule has 1 aliphatic rings. The number of fused-ring (bicyclic) bond motifs is 3. The summed E-state index contributed by atoms with van der Waals surface area (Å²) in [4.78, 5) is 23.6. The molecule has 0 radical (unpaired) electrons. The van der Waals surface area contributed by atoms with E-state index in [1.165, 1.54) is 22.3 Å². The van der Waals surface area contributed by atoms with Gasteiger partial charge in [-0.2, -0.15) is 0 Å². The molecular formula is C25H29NO4. The molecule has 3 rings (SSSR count). The number of hydrogen-bond donors (Lipinski definition) is 2. The summed E-state index contributed by atoms with van der Waals surface area (Å²) in [5.41, 5.74) is 4.71. The normalized spacial score (nSPS) is 14.9. The monoisotopic (exact) mass is 407 g/mol. The van der Waals surface area contributed by atoms with Gasteiger partial charge in [0.1, 0.15) is 6.61 Å². The lowest BCUT2D eigenvalue weighted by Crippen LogP contribution is -2.35. The van der Waals surface area contributed by atoms with Crippen molar-refractivity contribution in [2.75, 3.05) is 6.61 Å². The van der Waals surface area contributed by atoms with E-state index in [1.54, 1.807) is 19.1 Å². The van der Waals surface area contributed by atoms with Gasteiger partial charge in [-0.15, -0.1) is 0 Å². The molecule has 0 aliphatic heterocycles. The number of carboxylic acid groups (broad SMARTS) is 1. The van der Waals surface area contributed by atoms with Gasteiger partial charge in [0.15, 0.2) is 0 Å². The molecule has 2 atom stereocenters. The van der Waals surface area contributed by atoms with Gasteiger partial charge in [-0.3, -0.25) is 4.79 Å². The SMILES string of the molecule is CC(C)CC(/C=C/C(C)C(=O)O)NC(=O)OCC1c2ccccc2-c2ccccc21. The predicted octanol–water partition coefficient (Wildman–Crippen LogP) is 5.22. The Balaban J connectivity index is 1.66. The minimum Gasteiger partial charge on any atom is -0.481 e. The third-order valence-electron chi connectivity index (χ3n) is 5.39. The van der Waals surface area contributed by atoms with Crippen molar-refractivity contribution in [3.8, 4) is 11.1 Å². The summed E-state index contributed by atoms with van der Waals surface area (Å²) < 4.78 is 5.61. The van der Waals surface area contributed by atoms with E-state index < -0.39 is 18.0 Å². The standard InChI is InChI=1S/C25H29NO4/c1-16(2)14-18(13-12-17(3)24(27)28)26-25(29)30-15-23-21-10-6-4-8-19(21)20-9-5-7-11-22(20)23/h4-13,16-18,23H,14-15H2,1-3H3,(H,26,29)(H,27,28)/b13-12+. The van der Waals surface area contributed by atoms with Crippen LogP contribution in [0.3, 0.4) is 0 Å². The van der Waals surface area contributed by atoms with Gasteiger partial charge in [-0.25, -0.2) is 4.79 Å². The first kappa shape index (κ1) is 21.6. The minimum absolute atomic E-state index is 0.00859. The van der Waals surface area contributed by atoms with E-state index in [9.17, 15) is 9.59 Å². The number of carboxylic acids is 1. The van der Waals surface area contributed by atoms with Crippen molar-refractivity contribution in [3.05, 3.63) is 71.8 Å². The summed E-state index contributed by atoms with van der Waals surface area (Å²) in [6, 6.07) is 16.1. The molecule has 158 valence electrons. The van der Waals surface area contributed by atoms with Crippen LogP contribution in [0.15, 0.2) is 60.7 Å². The highest BCUT2D eigenvalue weighted by molar-refractivity contribution is 5.79. The van der Waals surface area contributed by atoms with Crippen LogP contribution in [0.1, 0.15) is 44.2 Å². The third kappa shape index (κ3) is 5.09. The van der Waals surface area contributed by atoms with Crippen LogP contribution in [-0.4, -0.2) is 29.8 Å². The molecule has 0 spiro atoms. The van der Waals surface area contributed by atoms with Crippen molar-refractivity contribution in [1.29, 1.82) is 0 Å². The smallest absolute Gasteiger partial charge is 0.407 e. The van der Waals surface area contributed by atoms with E-state index in [-0.39, 0.29) is 18.6 Å². The number of alkyl carbamates (subject to hydrolysis) is 1. The summed E-state index contributed by atoms with van der Waals surface area (Å²) in [5.74, 6) is -1.15. The van der Waals surface area contributed by atoms with Gasteiger partial charge in [0.25, 0.3) is 0 Å². The fourth-order valence-electron chi connectivity index (χ4n) is 3.87. The molecule has 0 saturated heterocycles. The average Bonchev–Trinajstić information content (AvgIpc) is 3.03. The quantitative estimate of drug-likeness (QED) is 0.589. The van der Waals surface area contributed by atoms with Gasteiger partial charge in [0.2, 0.25) is 0 Å². The molecule has 0 aromatic heterocycles. The number of aliphatic carboxylic acids is 1. The second-order valence-electron chi connectivity index (χ2n) is 8.22.